The summed E-state index contributed by atoms with van der Waals surface area (Å²) in [6.45, 7) is 19.1. The van der Waals surface area contributed by atoms with Gasteiger partial charge in [-0.05, 0) is 92.8 Å². The van der Waals surface area contributed by atoms with Crippen LogP contribution in [0.5, 0.6) is 0 Å². The molecule has 0 aromatic rings. The van der Waals surface area contributed by atoms with E-state index in [0.717, 1.165) is 41.2 Å². The van der Waals surface area contributed by atoms with Crippen LogP contribution in [0.15, 0.2) is 0 Å². The minimum absolute atomic E-state index is 0. The van der Waals surface area contributed by atoms with Crippen LogP contribution in [0.2, 0.25) is 0 Å². The Morgan fingerprint density at radius 1 is 0.676 bits per heavy atom. The fraction of sp³-hybridized carbons (Fsp3) is 0.929. The Labute approximate surface area is 242 Å². The molecular weight excluding hydrogens is 521 g/mol. The highest BCUT2D eigenvalue weighted by atomic mass is 33.5. The van der Waals surface area contributed by atoms with Crippen molar-refractivity contribution in [2.75, 3.05) is 39.3 Å². The van der Waals surface area contributed by atoms with Gasteiger partial charge in [0, 0.05) is 36.0 Å². The fourth-order valence-corrected chi connectivity index (χ4v) is 5.54. The molecule has 6 fully saturated rings. The largest absolute Gasteiger partial charge is 0.353 e. The number of carbonyl (C=O) groups is 2. The third kappa shape index (κ3) is 12.7. The Kier molecular flexibility index (Phi) is 15.3. The first-order chi connectivity index (χ1) is 16.8. The zero-order chi connectivity index (χ0) is 26.9. The van der Waals surface area contributed by atoms with Crippen LogP contribution < -0.4 is 10.6 Å². The molecule has 6 heterocycles. The molecule has 6 rings (SSSR count). The van der Waals surface area contributed by atoms with Gasteiger partial charge in [0.15, 0.2) is 0 Å². The number of fused-ring (bicyclic) bond motifs is 9. The number of nitrogens with zero attached hydrogens (tertiary/aromatic N) is 2. The number of nitrogens with one attached hydrogen (secondary N) is 2. The lowest BCUT2D eigenvalue weighted by atomic mass is 9.86. The van der Waals surface area contributed by atoms with Crippen molar-refractivity contribution in [1.82, 2.24) is 20.4 Å². The van der Waals surface area contributed by atoms with Crippen molar-refractivity contribution in [3.05, 3.63) is 0 Å². The highest BCUT2D eigenvalue weighted by Crippen LogP contribution is 2.28. The van der Waals surface area contributed by atoms with E-state index in [2.05, 4.69) is 43.8 Å². The minimum atomic E-state index is -0.263. The van der Waals surface area contributed by atoms with Crippen LogP contribution in [-0.4, -0.2) is 73.0 Å². The molecular formula is C28H56N4O2S3. The summed E-state index contributed by atoms with van der Waals surface area (Å²) in [5, 5.41) is 6.46. The average molecular weight is 577 g/mol. The lowest BCUT2D eigenvalue weighted by molar-refractivity contribution is -0.130. The number of hydrogen-bond donors (Lipinski definition) is 4. The summed E-state index contributed by atoms with van der Waals surface area (Å²) in [6, 6.07) is 0.775. The van der Waals surface area contributed by atoms with Crippen molar-refractivity contribution in [3.63, 3.8) is 0 Å². The fourth-order valence-electron chi connectivity index (χ4n) is 5.54. The molecule has 4 bridgehead atoms. The maximum absolute atomic E-state index is 12.0. The van der Waals surface area contributed by atoms with E-state index in [0.29, 0.717) is 12.1 Å². The molecule has 2 amide bonds. The van der Waals surface area contributed by atoms with Crippen molar-refractivity contribution in [1.29, 1.82) is 0 Å². The quantitative estimate of drug-likeness (QED) is 0.251. The van der Waals surface area contributed by atoms with Gasteiger partial charge in [-0.3, -0.25) is 9.59 Å². The van der Waals surface area contributed by atoms with Crippen molar-refractivity contribution >= 4 is 45.0 Å². The zero-order valence-electron chi connectivity index (χ0n) is 23.5. The molecule has 6 saturated heterocycles. The van der Waals surface area contributed by atoms with E-state index in [1.54, 1.807) is 0 Å². The van der Waals surface area contributed by atoms with Gasteiger partial charge in [-0.1, -0.05) is 72.3 Å². The van der Waals surface area contributed by atoms with Gasteiger partial charge >= 0.3 is 0 Å². The Hall–Kier alpha value is -0.0900. The highest BCUT2D eigenvalue weighted by Gasteiger charge is 2.32. The van der Waals surface area contributed by atoms with E-state index in [1.165, 1.54) is 64.7 Å². The van der Waals surface area contributed by atoms with E-state index in [-0.39, 0.29) is 30.1 Å². The number of thiol groups is 2. The number of amides is 2. The molecule has 6 nitrogen and oxygen atoms in total. The number of piperidine rings is 2. The van der Waals surface area contributed by atoms with Crippen LogP contribution in [0.3, 0.4) is 0 Å². The van der Waals surface area contributed by atoms with Gasteiger partial charge in [-0.15, -0.1) is 0 Å². The first kappa shape index (κ1) is 34.9. The molecule has 0 aromatic heterocycles. The van der Waals surface area contributed by atoms with Crippen molar-refractivity contribution in [3.8, 4) is 0 Å². The standard InChI is InChI=1S/C14H26N2O.C13H24N2O.CH4.H2S3/c1-14(2,3)13(17)15-12-6-9-16-7-4-11(10-12)5-8-16;1-13(2,3)12(16)14-11-8-10-4-6-15(9-11)7-5-10;;1-3-2/h11-12H,4-10H2,1-3H3,(H,15,17);10-11H,4-9H2,1-3H3,(H,14,16);1H4;1-2H. The molecule has 9 heteroatoms. The van der Waals surface area contributed by atoms with Gasteiger partial charge < -0.3 is 20.4 Å². The third-order valence-corrected chi connectivity index (χ3v) is 7.96. The van der Waals surface area contributed by atoms with E-state index >= 15 is 0 Å². The molecule has 2 unspecified atom stereocenters. The number of hydrogen-bond acceptors (Lipinski definition) is 7. The first-order valence-electron chi connectivity index (χ1n) is 13.8. The lowest BCUT2D eigenvalue weighted by Crippen LogP contribution is -2.47. The van der Waals surface area contributed by atoms with E-state index in [9.17, 15) is 9.59 Å². The van der Waals surface area contributed by atoms with Crippen LogP contribution in [0.4, 0.5) is 0 Å². The molecule has 218 valence electrons. The maximum atomic E-state index is 12.0. The number of rotatable bonds is 2. The summed E-state index contributed by atoms with van der Waals surface area (Å²) in [7, 11) is 1.14. The molecule has 0 aliphatic carbocycles. The van der Waals surface area contributed by atoms with Gasteiger partial charge in [0.05, 0.1) is 0 Å². The smallest absolute Gasteiger partial charge is 0.225 e. The Morgan fingerprint density at radius 2 is 1.03 bits per heavy atom. The first-order valence-corrected chi connectivity index (χ1v) is 16.8. The second-order valence-corrected chi connectivity index (χ2v) is 15.3. The molecule has 0 saturated carbocycles. The van der Waals surface area contributed by atoms with Crippen LogP contribution in [-0.2, 0) is 9.59 Å². The van der Waals surface area contributed by atoms with Crippen molar-refractivity contribution < 1.29 is 9.59 Å². The summed E-state index contributed by atoms with van der Waals surface area (Å²) < 4.78 is 0. The minimum Gasteiger partial charge on any atom is -0.353 e. The summed E-state index contributed by atoms with van der Waals surface area (Å²) in [4.78, 5) is 29.0. The van der Waals surface area contributed by atoms with E-state index in [4.69, 9.17) is 0 Å². The summed E-state index contributed by atoms with van der Waals surface area (Å²) in [5.41, 5.74) is -0.525. The molecule has 2 N–H and O–H groups in total. The van der Waals surface area contributed by atoms with E-state index < -0.39 is 0 Å². The van der Waals surface area contributed by atoms with Crippen molar-refractivity contribution in [2.24, 2.45) is 22.7 Å². The van der Waals surface area contributed by atoms with Crippen molar-refractivity contribution in [2.45, 2.75) is 106 Å². The van der Waals surface area contributed by atoms with Crippen LogP contribution >= 0.6 is 33.1 Å². The lowest BCUT2D eigenvalue weighted by Gasteiger charge is -2.38. The van der Waals surface area contributed by atoms with Crippen LogP contribution in [0, 0.1) is 22.7 Å². The summed E-state index contributed by atoms with van der Waals surface area (Å²) in [6.07, 6.45) is 8.78. The molecule has 6 aliphatic heterocycles. The monoisotopic (exact) mass is 576 g/mol. The Morgan fingerprint density at radius 3 is 1.46 bits per heavy atom. The average Bonchev–Trinajstić information content (AvgIpc) is 3.08. The SMILES string of the molecule is C.CC(C)(C)C(=O)NC1CC2CCN(CC2)C1.CC(C)(C)C(=O)NC1CCN2CCC(CC2)C1.SSS. The number of carbonyl (C=O) groups excluding carboxylic acids is 2. The molecule has 2 atom stereocenters. The van der Waals surface area contributed by atoms with Gasteiger partial charge in [-0.2, -0.15) is 0 Å². The Bertz CT molecular complexity index is 666. The molecule has 0 spiro atoms. The van der Waals surface area contributed by atoms with Crippen LogP contribution in [0.1, 0.15) is 93.9 Å². The zero-order valence-corrected chi connectivity index (χ0v) is 26.1. The predicted molar refractivity (Wildman–Crippen MR) is 167 cm³/mol. The normalized spacial score (nSPS) is 31.0. The van der Waals surface area contributed by atoms with Gasteiger partial charge in [-0.25, -0.2) is 0 Å². The second kappa shape index (κ2) is 16.2. The van der Waals surface area contributed by atoms with Gasteiger partial charge in [0.2, 0.25) is 11.8 Å². The Balaban J connectivity index is 0.000000327. The summed E-state index contributed by atoms with van der Waals surface area (Å²) >= 11 is 7.14. The van der Waals surface area contributed by atoms with E-state index in [1.807, 2.05) is 41.5 Å². The molecule has 0 radical (unpaired) electrons. The topological polar surface area (TPSA) is 64.7 Å². The van der Waals surface area contributed by atoms with Crippen LogP contribution in [0.25, 0.3) is 0 Å². The maximum Gasteiger partial charge on any atom is 0.225 e. The highest BCUT2D eigenvalue weighted by molar-refractivity contribution is 9.01. The second-order valence-electron chi connectivity index (χ2n) is 13.2. The third-order valence-electron chi connectivity index (χ3n) is 7.96. The molecule has 37 heavy (non-hydrogen) atoms. The molecule has 6 aliphatic rings. The molecule has 0 aromatic carbocycles. The predicted octanol–water partition coefficient (Wildman–Crippen LogP) is 5.70. The van der Waals surface area contributed by atoms with Gasteiger partial charge in [0.1, 0.15) is 0 Å². The summed E-state index contributed by atoms with van der Waals surface area (Å²) in [5.74, 6) is 2.06. The van der Waals surface area contributed by atoms with Gasteiger partial charge in [0.25, 0.3) is 0 Å².